The standard InChI is InChI=1S/C24H32N4O3/c1-3-27-23(30)21(18(2)28(24(27)31)20-10-6-4-7-11-20)25-16-12-19(13-17-25)22(29)26-14-8-5-9-15-26/h4,6-7,10-11,19H,3,5,8-9,12-17H2,1-2H3. The lowest BCUT2D eigenvalue weighted by molar-refractivity contribution is -0.137. The Morgan fingerprint density at radius 2 is 1.61 bits per heavy atom. The number of carbonyl (C=O) groups excluding carboxylic acids is 1. The van der Waals surface area contributed by atoms with Crippen molar-refractivity contribution in [3.05, 3.63) is 56.9 Å². The molecule has 7 nitrogen and oxygen atoms in total. The maximum absolute atomic E-state index is 13.2. The number of hydrogen-bond donors (Lipinski definition) is 0. The van der Waals surface area contributed by atoms with Gasteiger partial charge in [0.2, 0.25) is 5.91 Å². The van der Waals surface area contributed by atoms with Crippen LogP contribution in [0.2, 0.25) is 0 Å². The zero-order valence-corrected chi connectivity index (χ0v) is 18.5. The first kappa shape index (κ1) is 21.4. The average Bonchev–Trinajstić information content (AvgIpc) is 2.80. The molecule has 1 amide bonds. The van der Waals surface area contributed by atoms with Crippen LogP contribution in [0.4, 0.5) is 5.69 Å². The Hall–Kier alpha value is -2.83. The molecule has 7 heteroatoms. The average molecular weight is 425 g/mol. The molecule has 166 valence electrons. The van der Waals surface area contributed by atoms with Gasteiger partial charge in [-0.15, -0.1) is 0 Å². The highest BCUT2D eigenvalue weighted by Gasteiger charge is 2.31. The molecule has 2 saturated heterocycles. The Morgan fingerprint density at radius 3 is 2.23 bits per heavy atom. The SMILES string of the molecule is CCn1c(=O)c(N2CCC(C(=O)N3CCCCC3)CC2)c(C)n(-c2ccccc2)c1=O. The van der Waals surface area contributed by atoms with Gasteiger partial charge < -0.3 is 9.80 Å². The predicted octanol–water partition coefficient (Wildman–Crippen LogP) is 2.56. The van der Waals surface area contributed by atoms with Crippen LogP contribution in [0.5, 0.6) is 0 Å². The highest BCUT2D eigenvalue weighted by Crippen LogP contribution is 2.26. The van der Waals surface area contributed by atoms with Crippen LogP contribution in [0.15, 0.2) is 39.9 Å². The Balaban J connectivity index is 1.62. The molecular formula is C24H32N4O3. The van der Waals surface area contributed by atoms with E-state index in [4.69, 9.17) is 0 Å². The molecule has 1 aromatic heterocycles. The first-order chi connectivity index (χ1) is 15.0. The number of likely N-dealkylation sites (tertiary alicyclic amines) is 1. The minimum absolute atomic E-state index is 0.0306. The lowest BCUT2D eigenvalue weighted by Crippen LogP contribution is -2.48. The maximum Gasteiger partial charge on any atom is 0.335 e. The van der Waals surface area contributed by atoms with Gasteiger partial charge in [-0.05, 0) is 58.1 Å². The number of piperidine rings is 2. The van der Waals surface area contributed by atoms with Gasteiger partial charge in [-0.25, -0.2) is 4.79 Å². The van der Waals surface area contributed by atoms with Crippen molar-refractivity contribution in [3.8, 4) is 5.69 Å². The number of para-hydroxylation sites is 1. The molecule has 1 aromatic carbocycles. The van der Waals surface area contributed by atoms with Gasteiger partial charge in [-0.3, -0.25) is 18.7 Å². The highest BCUT2D eigenvalue weighted by molar-refractivity contribution is 5.79. The summed E-state index contributed by atoms with van der Waals surface area (Å²) in [5.41, 5.74) is 1.44. The van der Waals surface area contributed by atoms with Crippen molar-refractivity contribution in [1.82, 2.24) is 14.0 Å². The van der Waals surface area contributed by atoms with Crippen LogP contribution in [0.3, 0.4) is 0 Å². The summed E-state index contributed by atoms with van der Waals surface area (Å²) in [5, 5.41) is 0. The van der Waals surface area contributed by atoms with Crippen LogP contribution in [0, 0.1) is 12.8 Å². The van der Waals surface area contributed by atoms with E-state index in [0.29, 0.717) is 31.0 Å². The summed E-state index contributed by atoms with van der Waals surface area (Å²) < 4.78 is 2.94. The summed E-state index contributed by atoms with van der Waals surface area (Å²) >= 11 is 0. The summed E-state index contributed by atoms with van der Waals surface area (Å²) in [5.74, 6) is 0.305. The fraction of sp³-hybridized carbons (Fsp3) is 0.542. The molecular weight excluding hydrogens is 392 g/mol. The van der Waals surface area contributed by atoms with Crippen LogP contribution in [-0.4, -0.2) is 46.1 Å². The second-order valence-corrected chi connectivity index (χ2v) is 8.58. The second-order valence-electron chi connectivity index (χ2n) is 8.58. The Morgan fingerprint density at radius 1 is 0.968 bits per heavy atom. The van der Waals surface area contributed by atoms with Crippen LogP contribution in [0.25, 0.3) is 5.69 Å². The van der Waals surface area contributed by atoms with Gasteiger partial charge in [0.15, 0.2) is 0 Å². The Labute approximate surface area is 182 Å². The minimum atomic E-state index is -0.310. The molecule has 0 atom stereocenters. The number of nitrogens with zero attached hydrogens (tertiary/aromatic N) is 4. The third-order valence-corrected chi connectivity index (χ3v) is 6.71. The number of aromatic nitrogens is 2. The van der Waals surface area contributed by atoms with E-state index in [1.165, 1.54) is 11.0 Å². The molecule has 31 heavy (non-hydrogen) atoms. The normalized spacial score (nSPS) is 17.7. The molecule has 0 bridgehead atoms. The van der Waals surface area contributed by atoms with Gasteiger partial charge in [-0.1, -0.05) is 18.2 Å². The fourth-order valence-electron chi connectivity index (χ4n) is 4.99. The maximum atomic E-state index is 13.2. The van der Waals surface area contributed by atoms with Crippen molar-refractivity contribution in [2.24, 2.45) is 5.92 Å². The van der Waals surface area contributed by atoms with E-state index in [1.54, 1.807) is 4.57 Å². The quantitative estimate of drug-likeness (QED) is 0.757. The molecule has 3 heterocycles. The van der Waals surface area contributed by atoms with E-state index in [1.807, 2.05) is 49.1 Å². The molecule has 0 radical (unpaired) electrons. The van der Waals surface area contributed by atoms with Crippen molar-refractivity contribution in [2.45, 2.75) is 52.5 Å². The lowest BCUT2D eigenvalue weighted by Gasteiger charge is -2.37. The van der Waals surface area contributed by atoms with Crippen molar-refractivity contribution in [1.29, 1.82) is 0 Å². The minimum Gasteiger partial charge on any atom is -0.366 e. The number of carbonyl (C=O) groups is 1. The third kappa shape index (κ3) is 4.05. The fourth-order valence-corrected chi connectivity index (χ4v) is 4.99. The smallest absolute Gasteiger partial charge is 0.335 e. The topological polar surface area (TPSA) is 67.6 Å². The zero-order chi connectivity index (χ0) is 22.0. The molecule has 0 aliphatic carbocycles. The molecule has 4 rings (SSSR count). The Bertz CT molecular complexity index is 1040. The zero-order valence-electron chi connectivity index (χ0n) is 18.5. The second kappa shape index (κ2) is 9.12. The monoisotopic (exact) mass is 424 g/mol. The van der Waals surface area contributed by atoms with Crippen molar-refractivity contribution < 1.29 is 4.79 Å². The van der Waals surface area contributed by atoms with Crippen molar-refractivity contribution >= 4 is 11.6 Å². The first-order valence-electron chi connectivity index (χ1n) is 11.5. The van der Waals surface area contributed by atoms with Gasteiger partial charge in [0, 0.05) is 38.6 Å². The molecule has 2 aliphatic heterocycles. The summed E-state index contributed by atoms with van der Waals surface area (Å²) in [6, 6.07) is 9.45. The largest absolute Gasteiger partial charge is 0.366 e. The molecule has 2 aliphatic rings. The van der Waals surface area contributed by atoms with E-state index in [2.05, 4.69) is 4.90 Å². The number of amides is 1. The summed E-state index contributed by atoms with van der Waals surface area (Å²) in [7, 11) is 0. The molecule has 0 unspecified atom stereocenters. The van der Waals surface area contributed by atoms with Gasteiger partial charge >= 0.3 is 5.69 Å². The molecule has 0 saturated carbocycles. The van der Waals surface area contributed by atoms with Crippen LogP contribution in [-0.2, 0) is 11.3 Å². The van der Waals surface area contributed by atoms with E-state index >= 15 is 0 Å². The molecule has 2 aromatic rings. The van der Waals surface area contributed by atoms with E-state index in [9.17, 15) is 14.4 Å². The number of anilines is 1. The van der Waals surface area contributed by atoms with Crippen molar-refractivity contribution in [2.75, 3.05) is 31.1 Å². The van der Waals surface area contributed by atoms with Crippen LogP contribution < -0.4 is 16.1 Å². The van der Waals surface area contributed by atoms with Crippen LogP contribution in [0.1, 0.15) is 44.7 Å². The first-order valence-corrected chi connectivity index (χ1v) is 11.5. The molecule has 0 N–H and O–H groups in total. The third-order valence-electron chi connectivity index (χ3n) is 6.71. The van der Waals surface area contributed by atoms with Crippen molar-refractivity contribution in [3.63, 3.8) is 0 Å². The molecule has 0 spiro atoms. The van der Waals surface area contributed by atoms with Gasteiger partial charge in [0.1, 0.15) is 5.69 Å². The number of hydrogen-bond acceptors (Lipinski definition) is 4. The summed E-state index contributed by atoms with van der Waals surface area (Å²) in [4.78, 5) is 43.3. The van der Waals surface area contributed by atoms with E-state index in [-0.39, 0.29) is 23.1 Å². The highest BCUT2D eigenvalue weighted by atomic mass is 16.2. The Kier molecular flexibility index (Phi) is 6.30. The van der Waals surface area contributed by atoms with E-state index < -0.39 is 0 Å². The van der Waals surface area contributed by atoms with E-state index in [0.717, 1.165) is 44.5 Å². The van der Waals surface area contributed by atoms with Gasteiger partial charge in [0.25, 0.3) is 5.56 Å². The summed E-state index contributed by atoms with van der Waals surface area (Å²) in [6.45, 7) is 7.04. The van der Waals surface area contributed by atoms with Gasteiger partial charge in [0.05, 0.1) is 11.4 Å². The number of rotatable bonds is 4. The lowest BCUT2D eigenvalue weighted by atomic mass is 9.94. The van der Waals surface area contributed by atoms with Gasteiger partial charge in [-0.2, -0.15) is 0 Å². The molecule has 2 fully saturated rings. The number of benzene rings is 1. The summed E-state index contributed by atoms with van der Waals surface area (Å²) in [6.07, 6.45) is 4.89. The van der Waals surface area contributed by atoms with Crippen LogP contribution >= 0.6 is 0 Å². The predicted molar refractivity (Wildman–Crippen MR) is 122 cm³/mol.